The first kappa shape index (κ1) is 32.1. The predicted molar refractivity (Wildman–Crippen MR) is 175 cm³/mol. The van der Waals surface area contributed by atoms with E-state index in [2.05, 4.69) is 32.8 Å². The van der Waals surface area contributed by atoms with E-state index < -0.39 is 0 Å². The molecule has 6 nitrogen and oxygen atoms in total. The van der Waals surface area contributed by atoms with Crippen LogP contribution in [0.15, 0.2) is 110 Å². The van der Waals surface area contributed by atoms with E-state index in [0.717, 1.165) is 22.5 Å². The molecule has 208 valence electrons. The van der Waals surface area contributed by atoms with Gasteiger partial charge in [0.2, 0.25) is 0 Å². The fraction of sp³-hybridized carbons (Fsp3) is 0.188. The van der Waals surface area contributed by atoms with Crippen molar-refractivity contribution >= 4 is 58.3 Å². The zero-order chi connectivity index (χ0) is 29.0. The van der Waals surface area contributed by atoms with Crippen LogP contribution in [0, 0.1) is 0 Å². The maximum atomic E-state index is 5.27. The number of anilines is 2. The molecule has 0 aliphatic heterocycles. The van der Waals surface area contributed by atoms with Gasteiger partial charge in [0.1, 0.15) is 0 Å². The van der Waals surface area contributed by atoms with Crippen LogP contribution < -0.4 is 10.6 Å². The number of hydrogen-bond donors (Lipinski definition) is 2. The zero-order valence-electron chi connectivity index (χ0n) is 23.2. The maximum Gasteiger partial charge on any atom is 0.261 e. The van der Waals surface area contributed by atoms with E-state index in [1.807, 2.05) is 113 Å². The van der Waals surface area contributed by atoms with Crippen LogP contribution in [0.1, 0.15) is 38.8 Å². The Labute approximate surface area is 248 Å². The third-order valence-corrected chi connectivity index (χ3v) is 5.00. The molecule has 0 unspecified atom stereocenters. The molecule has 2 N–H and O–H groups in total. The summed E-state index contributed by atoms with van der Waals surface area (Å²) in [6.07, 6.45) is 11.5. The van der Waals surface area contributed by atoms with E-state index in [4.69, 9.17) is 33.9 Å². The summed E-state index contributed by atoms with van der Waals surface area (Å²) in [6.45, 7) is 7.77. The third-order valence-electron chi connectivity index (χ3n) is 4.61. The summed E-state index contributed by atoms with van der Waals surface area (Å²) in [5.74, 6) is 0. The summed E-state index contributed by atoms with van der Waals surface area (Å²) in [6, 6.07) is 27.3. The highest BCUT2D eigenvalue weighted by atomic mass is 32.1. The summed E-state index contributed by atoms with van der Waals surface area (Å²) < 4.78 is 10.5. The number of para-hydroxylation sites is 2. The van der Waals surface area contributed by atoms with Crippen molar-refractivity contribution in [3.63, 3.8) is 0 Å². The molecule has 0 bridgehead atoms. The minimum Gasteiger partial charge on any atom is -0.468 e. The average Bonchev–Trinajstić information content (AvgIpc) is 2.94. The lowest BCUT2D eigenvalue weighted by Crippen LogP contribution is -2.17. The number of rotatable bonds is 6. The number of ether oxygens (including phenoxy) is 2. The van der Waals surface area contributed by atoms with Gasteiger partial charge < -0.3 is 20.1 Å². The molecule has 4 rings (SSSR count). The molecule has 0 aliphatic rings. The molecule has 8 heteroatoms. The quantitative estimate of drug-likeness (QED) is 0.224. The number of aromatic nitrogens is 2. The van der Waals surface area contributed by atoms with Gasteiger partial charge in [-0.15, -0.1) is 0 Å². The van der Waals surface area contributed by atoms with E-state index in [9.17, 15) is 0 Å². The van der Waals surface area contributed by atoms with Crippen molar-refractivity contribution in [2.45, 2.75) is 39.9 Å². The summed E-state index contributed by atoms with van der Waals surface area (Å²) >= 11 is 9.96. The van der Waals surface area contributed by atoms with E-state index >= 15 is 0 Å². The molecule has 0 saturated heterocycles. The molecule has 4 aromatic rings. The van der Waals surface area contributed by atoms with Crippen molar-refractivity contribution in [1.82, 2.24) is 9.97 Å². The van der Waals surface area contributed by atoms with Crippen LogP contribution >= 0.6 is 24.4 Å². The van der Waals surface area contributed by atoms with Crippen molar-refractivity contribution in [3.8, 4) is 0 Å². The van der Waals surface area contributed by atoms with Crippen LogP contribution in [0.5, 0.6) is 0 Å². The molecule has 2 heterocycles. The van der Waals surface area contributed by atoms with Crippen LogP contribution in [0.4, 0.5) is 11.4 Å². The van der Waals surface area contributed by atoms with Crippen LogP contribution in [-0.4, -0.2) is 32.5 Å². The number of nitrogens with one attached hydrogen (secondary N) is 2. The molecule has 2 aromatic heterocycles. The van der Waals surface area contributed by atoms with Crippen molar-refractivity contribution in [2.75, 3.05) is 10.6 Å². The van der Waals surface area contributed by atoms with Gasteiger partial charge in [0.15, 0.2) is 0 Å². The van der Waals surface area contributed by atoms with E-state index in [-0.39, 0.29) is 12.2 Å². The van der Waals surface area contributed by atoms with E-state index in [0.29, 0.717) is 10.3 Å². The lowest BCUT2D eigenvalue weighted by molar-refractivity contribution is 0.234. The highest BCUT2D eigenvalue weighted by Gasteiger charge is 2.00. The summed E-state index contributed by atoms with van der Waals surface area (Å²) in [5.41, 5.74) is 4.20. The number of nitrogens with zero attached hydrogens (tertiary/aromatic N) is 2. The molecular formula is C32H36N4O2S2. The topological polar surface area (TPSA) is 68.3 Å². The normalized spacial score (nSPS) is 10.1. The Morgan fingerprint density at radius 1 is 0.575 bits per heavy atom. The predicted octanol–water partition coefficient (Wildman–Crippen LogP) is 8.26. The Morgan fingerprint density at radius 3 is 1.20 bits per heavy atom. The maximum absolute atomic E-state index is 5.27. The van der Waals surface area contributed by atoms with Gasteiger partial charge in [-0.3, -0.25) is 9.97 Å². The highest BCUT2D eigenvalue weighted by molar-refractivity contribution is 7.80. The minimum absolute atomic E-state index is 0.115. The van der Waals surface area contributed by atoms with E-state index in [1.54, 1.807) is 24.8 Å². The molecule has 40 heavy (non-hydrogen) atoms. The number of pyridine rings is 2. The number of benzene rings is 2. The van der Waals surface area contributed by atoms with Gasteiger partial charge in [-0.05, 0) is 112 Å². The Bertz CT molecular complexity index is 1170. The van der Waals surface area contributed by atoms with Crippen molar-refractivity contribution in [3.05, 3.63) is 121 Å². The largest absolute Gasteiger partial charge is 0.468 e. The van der Waals surface area contributed by atoms with Gasteiger partial charge in [-0.2, -0.15) is 0 Å². The first-order valence-corrected chi connectivity index (χ1v) is 13.7. The number of hydrogen-bond acceptors (Lipinski definition) is 6. The van der Waals surface area contributed by atoms with Crippen molar-refractivity contribution in [2.24, 2.45) is 0 Å². The molecule has 2 aromatic carbocycles. The standard InChI is InChI=1S/C12H10N2.2C10H13NOS/c1(11-3-7-13-8-4-11)2-12-5-9-14-10-6-12;2*1-8(2)12-10(13)11-9-6-4-3-5-7-9/h1-10H;2*3-8H,1-2H3,(H,11,13)/b2-1+;;. The van der Waals surface area contributed by atoms with Gasteiger partial charge in [0.05, 0.1) is 12.2 Å². The third kappa shape index (κ3) is 15.3. The Hall–Kier alpha value is -4.14. The Balaban J connectivity index is 0.000000210. The minimum atomic E-state index is 0.115. The summed E-state index contributed by atoms with van der Waals surface area (Å²) in [4.78, 5) is 7.91. The first-order valence-electron chi connectivity index (χ1n) is 12.9. The summed E-state index contributed by atoms with van der Waals surface area (Å²) in [7, 11) is 0. The van der Waals surface area contributed by atoms with Gasteiger partial charge in [-0.1, -0.05) is 48.6 Å². The smallest absolute Gasteiger partial charge is 0.261 e. The molecule has 0 aliphatic carbocycles. The van der Waals surface area contributed by atoms with Crippen LogP contribution in [0.3, 0.4) is 0 Å². The molecule has 0 amide bonds. The fourth-order valence-electron chi connectivity index (χ4n) is 2.91. The SMILES string of the molecule is C(=C\c1ccncc1)/c1ccncc1.CC(C)OC(=S)Nc1ccccc1.CC(C)OC(=S)Nc1ccccc1. The summed E-state index contributed by atoms with van der Waals surface area (Å²) in [5, 5.41) is 6.80. The fourth-order valence-corrected chi connectivity index (χ4v) is 3.53. The van der Waals surface area contributed by atoms with Crippen LogP contribution in [0.25, 0.3) is 12.2 Å². The molecule has 0 fully saturated rings. The van der Waals surface area contributed by atoms with Gasteiger partial charge in [0, 0.05) is 36.2 Å². The lowest BCUT2D eigenvalue weighted by atomic mass is 10.2. The number of thiocarbonyl (C=S) groups is 2. The van der Waals surface area contributed by atoms with Crippen LogP contribution in [0.2, 0.25) is 0 Å². The van der Waals surface area contributed by atoms with Crippen molar-refractivity contribution in [1.29, 1.82) is 0 Å². The van der Waals surface area contributed by atoms with Crippen LogP contribution in [-0.2, 0) is 9.47 Å². The van der Waals surface area contributed by atoms with Gasteiger partial charge in [0.25, 0.3) is 10.3 Å². The van der Waals surface area contributed by atoms with E-state index in [1.165, 1.54) is 0 Å². The second-order valence-electron chi connectivity index (χ2n) is 8.78. The second kappa shape index (κ2) is 19.0. The molecular weight excluding hydrogens is 537 g/mol. The zero-order valence-corrected chi connectivity index (χ0v) is 24.9. The monoisotopic (exact) mass is 572 g/mol. The molecule has 0 spiro atoms. The average molecular weight is 573 g/mol. The second-order valence-corrected chi connectivity index (χ2v) is 9.53. The molecule has 0 saturated carbocycles. The highest BCUT2D eigenvalue weighted by Crippen LogP contribution is 2.07. The molecule has 0 atom stereocenters. The first-order chi connectivity index (χ1) is 19.3. The van der Waals surface area contributed by atoms with Gasteiger partial charge in [-0.25, -0.2) is 0 Å². The Kier molecular flexibility index (Phi) is 15.2. The molecule has 0 radical (unpaired) electrons. The Morgan fingerprint density at radius 2 is 0.900 bits per heavy atom. The van der Waals surface area contributed by atoms with Gasteiger partial charge >= 0.3 is 0 Å². The lowest BCUT2D eigenvalue weighted by Gasteiger charge is -2.11. The van der Waals surface area contributed by atoms with Crippen molar-refractivity contribution < 1.29 is 9.47 Å².